The minimum absolute atomic E-state index is 0.173. The molecule has 0 bridgehead atoms. The predicted molar refractivity (Wildman–Crippen MR) is 76.7 cm³/mol. The fourth-order valence-electron chi connectivity index (χ4n) is 2.01. The molecule has 3 heteroatoms. The van der Waals surface area contributed by atoms with Gasteiger partial charge in [0, 0.05) is 24.7 Å². The third-order valence-corrected chi connectivity index (χ3v) is 2.98. The number of benzene rings is 1. The van der Waals surface area contributed by atoms with Gasteiger partial charge in [-0.15, -0.1) is 0 Å². The molecule has 18 heavy (non-hydrogen) atoms. The highest BCUT2D eigenvalue weighted by atomic mass is 16.2. The number of amides is 1. The highest BCUT2D eigenvalue weighted by Crippen LogP contribution is 2.17. The van der Waals surface area contributed by atoms with Crippen LogP contribution in [0.25, 0.3) is 0 Å². The van der Waals surface area contributed by atoms with E-state index in [1.54, 1.807) is 0 Å². The second kappa shape index (κ2) is 7.17. The number of anilines is 1. The smallest absolute Gasteiger partial charge is 0.226 e. The molecular weight excluding hydrogens is 224 g/mol. The lowest BCUT2D eigenvalue weighted by molar-refractivity contribution is -0.118. The molecule has 1 atom stereocenters. The molecular formula is C15H24N2O. The van der Waals surface area contributed by atoms with Crippen molar-refractivity contribution in [3.63, 3.8) is 0 Å². The molecule has 1 amide bonds. The summed E-state index contributed by atoms with van der Waals surface area (Å²) in [5, 5.41) is 0. The predicted octanol–water partition coefficient (Wildman–Crippen LogP) is 2.87. The summed E-state index contributed by atoms with van der Waals surface area (Å²) in [6, 6.07) is 8.24. The van der Waals surface area contributed by atoms with Gasteiger partial charge in [-0.25, -0.2) is 0 Å². The van der Waals surface area contributed by atoms with Gasteiger partial charge in [0.15, 0.2) is 0 Å². The Morgan fingerprint density at radius 1 is 1.44 bits per heavy atom. The maximum absolute atomic E-state index is 12.2. The number of aryl methyl sites for hydroxylation is 1. The molecule has 100 valence electrons. The van der Waals surface area contributed by atoms with E-state index in [4.69, 9.17) is 5.73 Å². The molecule has 0 fully saturated rings. The first-order valence-electron chi connectivity index (χ1n) is 6.67. The van der Waals surface area contributed by atoms with Gasteiger partial charge in [-0.1, -0.05) is 12.1 Å². The number of carbonyl (C=O) groups excluding carboxylic acids is 1. The van der Waals surface area contributed by atoms with Gasteiger partial charge in [0.2, 0.25) is 5.91 Å². The molecule has 0 aliphatic rings. The van der Waals surface area contributed by atoms with Crippen LogP contribution in [0, 0.1) is 6.92 Å². The van der Waals surface area contributed by atoms with Crippen molar-refractivity contribution in [3.8, 4) is 0 Å². The van der Waals surface area contributed by atoms with Crippen molar-refractivity contribution >= 4 is 11.6 Å². The minimum atomic E-state index is 0.173. The van der Waals surface area contributed by atoms with E-state index in [0.29, 0.717) is 13.0 Å². The van der Waals surface area contributed by atoms with E-state index < -0.39 is 0 Å². The number of rotatable bonds is 6. The largest absolute Gasteiger partial charge is 0.328 e. The summed E-state index contributed by atoms with van der Waals surface area (Å²) in [6.45, 7) is 6.73. The molecule has 0 saturated heterocycles. The molecule has 0 saturated carbocycles. The molecule has 2 N–H and O–H groups in total. The average molecular weight is 248 g/mol. The van der Waals surface area contributed by atoms with E-state index in [2.05, 4.69) is 0 Å². The molecule has 0 radical (unpaired) electrons. The molecule has 1 rings (SSSR count). The van der Waals surface area contributed by atoms with Gasteiger partial charge in [0.05, 0.1) is 0 Å². The van der Waals surface area contributed by atoms with Gasteiger partial charge in [-0.05, 0) is 51.3 Å². The van der Waals surface area contributed by atoms with Gasteiger partial charge < -0.3 is 10.6 Å². The summed E-state index contributed by atoms with van der Waals surface area (Å²) in [5.74, 6) is 0.184. The molecule has 0 aliphatic heterocycles. The van der Waals surface area contributed by atoms with E-state index in [1.807, 2.05) is 49.9 Å². The Balaban J connectivity index is 2.63. The SMILES string of the molecule is CCN(C(=O)CCCC(C)N)c1cccc(C)c1. The summed E-state index contributed by atoms with van der Waals surface area (Å²) in [6.07, 6.45) is 2.33. The summed E-state index contributed by atoms with van der Waals surface area (Å²) in [4.78, 5) is 14.0. The maximum Gasteiger partial charge on any atom is 0.226 e. The highest BCUT2D eigenvalue weighted by Gasteiger charge is 2.13. The van der Waals surface area contributed by atoms with Gasteiger partial charge in [0.25, 0.3) is 0 Å². The van der Waals surface area contributed by atoms with Crippen LogP contribution in [-0.2, 0) is 4.79 Å². The van der Waals surface area contributed by atoms with Crippen LogP contribution in [0.3, 0.4) is 0 Å². The minimum Gasteiger partial charge on any atom is -0.328 e. The first-order chi connectivity index (χ1) is 8.54. The number of hydrogen-bond acceptors (Lipinski definition) is 2. The molecule has 1 aromatic rings. The van der Waals surface area contributed by atoms with Crippen molar-refractivity contribution in [2.45, 2.75) is 46.1 Å². The number of nitrogens with two attached hydrogens (primary N) is 1. The highest BCUT2D eigenvalue weighted by molar-refractivity contribution is 5.93. The van der Waals surface area contributed by atoms with Crippen molar-refractivity contribution in [2.24, 2.45) is 5.73 Å². The monoisotopic (exact) mass is 248 g/mol. The second-order valence-corrected chi connectivity index (χ2v) is 4.85. The van der Waals surface area contributed by atoms with Crippen LogP contribution in [-0.4, -0.2) is 18.5 Å². The van der Waals surface area contributed by atoms with Gasteiger partial charge in [-0.3, -0.25) is 4.79 Å². The molecule has 0 aliphatic carbocycles. The van der Waals surface area contributed by atoms with E-state index >= 15 is 0 Å². The number of carbonyl (C=O) groups is 1. The third-order valence-electron chi connectivity index (χ3n) is 2.98. The number of nitrogens with zero attached hydrogens (tertiary/aromatic N) is 1. The van der Waals surface area contributed by atoms with Crippen molar-refractivity contribution in [2.75, 3.05) is 11.4 Å². The van der Waals surface area contributed by atoms with Crippen molar-refractivity contribution in [3.05, 3.63) is 29.8 Å². The van der Waals surface area contributed by atoms with E-state index in [1.165, 1.54) is 5.56 Å². The van der Waals surface area contributed by atoms with E-state index in [-0.39, 0.29) is 11.9 Å². The topological polar surface area (TPSA) is 46.3 Å². The molecule has 3 nitrogen and oxygen atoms in total. The standard InChI is InChI=1S/C15H24N2O/c1-4-17(14-9-5-7-12(2)11-14)15(18)10-6-8-13(3)16/h5,7,9,11,13H,4,6,8,10,16H2,1-3H3. The van der Waals surface area contributed by atoms with Crippen molar-refractivity contribution in [1.82, 2.24) is 0 Å². The maximum atomic E-state index is 12.2. The normalized spacial score (nSPS) is 12.2. The Morgan fingerprint density at radius 2 is 2.17 bits per heavy atom. The molecule has 0 spiro atoms. The lowest BCUT2D eigenvalue weighted by Crippen LogP contribution is -2.30. The Labute approximate surface area is 110 Å². The lowest BCUT2D eigenvalue weighted by atomic mass is 10.1. The zero-order valence-electron chi connectivity index (χ0n) is 11.6. The van der Waals surface area contributed by atoms with Gasteiger partial charge >= 0.3 is 0 Å². The Morgan fingerprint density at radius 3 is 2.72 bits per heavy atom. The fraction of sp³-hybridized carbons (Fsp3) is 0.533. The Bertz CT molecular complexity index is 388. The summed E-state index contributed by atoms with van der Waals surface area (Å²) >= 11 is 0. The van der Waals surface area contributed by atoms with Crippen LogP contribution in [0.5, 0.6) is 0 Å². The Kier molecular flexibility index (Phi) is 5.86. The third kappa shape index (κ3) is 4.49. The lowest BCUT2D eigenvalue weighted by Gasteiger charge is -2.21. The average Bonchev–Trinajstić information content (AvgIpc) is 2.29. The summed E-state index contributed by atoms with van der Waals surface area (Å²) < 4.78 is 0. The van der Waals surface area contributed by atoms with Crippen LogP contribution in [0.1, 0.15) is 38.7 Å². The van der Waals surface area contributed by atoms with Crippen LogP contribution < -0.4 is 10.6 Å². The Hall–Kier alpha value is -1.35. The molecule has 1 unspecified atom stereocenters. The molecule has 0 aromatic heterocycles. The second-order valence-electron chi connectivity index (χ2n) is 4.85. The zero-order chi connectivity index (χ0) is 13.5. The van der Waals surface area contributed by atoms with Crippen molar-refractivity contribution < 1.29 is 4.79 Å². The van der Waals surface area contributed by atoms with Crippen LogP contribution >= 0.6 is 0 Å². The summed E-state index contributed by atoms with van der Waals surface area (Å²) in [5.41, 5.74) is 7.86. The van der Waals surface area contributed by atoms with Crippen molar-refractivity contribution in [1.29, 1.82) is 0 Å². The quantitative estimate of drug-likeness (QED) is 0.841. The number of hydrogen-bond donors (Lipinski definition) is 1. The summed E-state index contributed by atoms with van der Waals surface area (Å²) in [7, 11) is 0. The van der Waals surface area contributed by atoms with Crippen LogP contribution in [0.2, 0.25) is 0 Å². The van der Waals surface area contributed by atoms with E-state index in [9.17, 15) is 4.79 Å². The zero-order valence-corrected chi connectivity index (χ0v) is 11.6. The van der Waals surface area contributed by atoms with Crippen LogP contribution in [0.15, 0.2) is 24.3 Å². The first kappa shape index (κ1) is 14.7. The molecule has 1 aromatic carbocycles. The molecule has 0 heterocycles. The van der Waals surface area contributed by atoms with Crippen LogP contribution in [0.4, 0.5) is 5.69 Å². The fourth-order valence-corrected chi connectivity index (χ4v) is 2.01. The van der Waals surface area contributed by atoms with Gasteiger partial charge in [0.1, 0.15) is 0 Å². The van der Waals surface area contributed by atoms with Gasteiger partial charge in [-0.2, -0.15) is 0 Å². The van der Waals surface area contributed by atoms with E-state index in [0.717, 1.165) is 18.5 Å². The first-order valence-corrected chi connectivity index (χ1v) is 6.67.